The van der Waals surface area contributed by atoms with Gasteiger partial charge in [0.1, 0.15) is 5.75 Å². The van der Waals surface area contributed by atoms with Gasteiger partial charge in [-0.05, 0) is 43.5 Å². The monoisotopic (exact) mass is 370 g/mol. The normalized spacial score (nSPS) is 18.6. The highest BCUT2D eigenvalue weighted by Gasteiger charge is 2.21. The predicted molar refractivity (Wildman–Crippen MR) is 96.4 cm³/mol. The van der Waals surface area contributed by atoms with Gasteiger partial charge in [-0.3, -0.25) is 9.10 Å². The van der Waals surface area contributed by atoms with Gasteiger partial charge in [0.15, 0.2) is 6.10 Å². The minimum Gasteiger partial charge on any atom is -0.481 e. The zero-order valence-corrected chi connectivity index (χ0v) is 15.7. The number of anilines is 1. The van der Waals surface area contributed by atoms with Crippen molar-refractivity contribution >= 4 is 21.6 Å². The van der Waals surface area contributed by atoms with Crippen LogP contribution in [-0.4, -0.2) is 53.0 Å². The van der Waals surface area contributed by atoms with E-state index < -0.39 is 16.1 Å². The minimum absolute atomic E-state index is 0.0901. The highest BCUT2D eigenvalue weighted by atomic mass is 32.2. The molecule has 0 aromatic heterocycles. The Morgan fingerprint density at radius 2 is 2.08 bits per heavy atom. The average Bonchev–Trinajstić information content (AvgIpc) is 3.10. The number of ether oxygens (including phenoxy) is 2. The third-order valence-corrected chi connectivity index (χ3v) is 5.37. The lowest BCUT2D eigenvalue weighted by atomic mass is 10.2. The number of rotatable bonds is 8. The first-order valence-electron chi connectivity index (χ1n) is 8.41. The molecule has 8 heteroatoms. The zero-order chi connectivity index (χ0) is 18.4. The van der Waals surface area contributed by atoms with Crippen LogP contribution >= 0.6 is 0 Å². The Bertz CT molecular complexity index is 669. The number of nitrogens with one attached hydrogen (secondary N) is 1. The maximum absolute atomic E-state index is 12.3. The molecule has 0 spiro atoms. The molecule has 7 nitrogen and oxygen atoms in total. The lowest BCUT2D eigenvalue weighted by Gasteiger charge is -2.20. The third-order valence-electron chi connectivity index (χ3n) is 4.17. The molecule has 1 aliphatic heterocycles. The van der Waals surface area contributed by atoms with Crippen molar-refractivity contribution in [3.63, 3.8) is 0 Å². The molecule has 1 amide bonds. The van der Waals surface area contributed by atoms with Crippen LogP contribution < -0.4 is 14.4 Å². The van der Waals surface area contributed by atoms with Crippen molar-refractivity contribution in [1.82, 2.24) is 5.32 Å². The molecule has 0 saturated carbocycles. The van der Waals surface area contributed by atoms with Gasteiger partial charge in [-0.15, -0.1) is 0 Å². The molecule has 2 rings (SSSR count). The summed E-state index contributed by atoms with van der Waals surface area (Å²) in [6, 6.07) is 6.61. The van der Waals surface area contributed by atoms with E-state index in [1.165, 1.54) is 11.4 Å². The molecule has 0 unspecified atom stereocenters. The summed E-state index contributed by atoms with van der Waals surface area (Å²) in [5, 5.41) is 2.87. The Morgan fingerprint density at radius 1 is 1.40 bits per heavy atom. The summed E-state index contributed by atoms with van der Waals surface area (Å²) in [6.07, 6.45) is 3.16. The lowest BCUT2D eigenvalue weighted by Crippen LogP contribution is -2.41. The maximum Gasteiger partial charge on any atom is 0.261 e. The molecule has 0 bridgehead atoms. The first kappa shape index (κ1) is 19.5. The molecule has 1 aromatic rings. The smallest absolute Gasteiger partial charge is 0.261 e. The van der Waals surface area contributed by atoms with E-state index in [2.05, 4.69) is 5.32 Å². The molecule has 1 saturated heterocycles. The van der Waals surface area contributed by atoms with Gasteiger partial charge < -0.3 is 14.8 Å². The summed E-state index contributed by atoms with van der Waals surface area (Å²) >= 11 is 0. The number of sulfonamides is 1. The molecular weight excluding hydrogens is 344 g/mol. The number of amides is 1. The second-order valence-corrected chi connectivity index (χ2v) is 8.13. The van der Waals surface area contributed by atoms with E-state index in [1.54, 1.807) is 24.3 Å². The zero-order valence-electron chi connectivity index (χ0n) is 14.9. The molecule has 0 radical (unpaired) electrons. The molecule has 1 fully saturated rings. The Labute approximate surface area is 149 Å². The summed E-state index contributed by atoms with van der Waals surface area (Å²) in [4.78, 5) is 12.3. The quantitative estimate of drug-likeness (QED) is 0.750. The van der Waals surface area contributed by atoms with Crippen LogP contribution in [-0.2, 0) is 19.6 Å². The number of nitrogens with zero attached hydrogens (tertiary/aromatic N) is 1. The van der Waals surface area contributed by atoms with Gasteiger partial charge in [0, 0.05) is 20.2 Å². The molecule has 2 atom stereocenters. The summed E-state index contributed by atoms with van der Waals surface area (Å²) in [5.41, 5.74) is 0.533. The SMILES string of the molecule is CC[C@H](Oc1ccc(N(C)S(C)(=O)=O)cc1)C(=O)NC[C@H]1CCCO1. The van der Waals surface area contributed by atoms with Crippen LogP contribution in [0.1, 0.15) is 26.2 Å². The van der Waals surface area contributed by atoms with Gasteiger partial charge in [0.2, 0.25) is 10.0 Å². The number of hydrogen-bond donors (Lipinski definition) is 1. The number of carbonyl (C=O) groups excluding carboxylic acids is 1. The van der Waals surface area contributed by atoms with Gasteiger partial charge in [0.05, 0.1) is 18.0 Å². The van der Waals surface area contributed by atoms with Crippen molar-refractivity contribution in [2.75, 3.05) is 30.8 Å². The minimum atomic E-state index is -3.31. The Balaban J connectivity index is 1.92. The van der Waals surface area contributed by atoms with Gasteiger partial charge >= 0.3 is 0 Å². The number of benzene rings is 1. The maximum atomic E-state index is 12.3. The number of hydrogen-bond acceptors (Lipinski definition) is 5. The van der Waals surface area contributed by atoms with E-state index in [0.717, 1.165) is 25.7 Å². The highest BCUT2D eigenvalue weighted by Crippen LogP contribution is 2.21. The van der Waals surface area contributed by atoms with E-state index in [9.17, 15) is 13.2 Å². The first-order chi connectivity index (χ1) is 11.8. The molecule has 140 valence electrons. The number of carbonyl (C=O) groups is 1. The fourth-order valence-corrected chi connectivity index (χ4v) is 3.05. The Morgan fingerprint density at radius 3 is 2.60 bits per heavy atom. The van der Waals surface area contributed by atoms with E-state index in [1.807, 2.05) is 6.92 Å². The van der Waals surface area contributed by atoms with Crippen molar-refractivity contribution in [2.45, 2.75) is 38.4 Å². The van der Waals surface area contributed by atoms with Crippen molar-refractivity contribution < 1.29 is 22.7 Å². The van der Waals surface area contributed by atoms with Crippen LogP contribution in [0.25, 0.3) is 0 Å². The van der Waals surface area contributed by atoms with Gasteiger partial charge in [-0.25, -0.2) is 8.42 Å². The molecule has 1 heterocycles. The first-order valence-corrected chi connectivity index (χ1v) is 10.3. The Kier molecular flexibility index (Phi) is 6.66. The van der Waals surface area contributed by atoms with Gasteiger partial charge in [-0.2, -0.15) is 0 Å². The fraction of sp³-hybridized carbons (Fsp3) is 0.588. The summed E-state index contributed by atoms with van der Waals surface area (Å²) < 4.78 is 35.5. The van der Waals surface area contributed by atoms with Crippen molar-refractivity contribution in [3.05, 3.63) is 24.3 Å². The van der Waals surface area contributed by atoms with Gasteiger partial charge in [-0.1, -0.05) is 6.92 Å². The molecular formula is C17H26N2O5S. The van der Waals surface area contributed by atoms with Crippen LogP contribution in [0.4, 0.5) is 5.69 Å². The highest BCUT2D eigenvalue weighted by molar-refractivity contribution is 7.92. The predicted octanol–water partition coefficient (Wildman–Crippen LogP) is 1.53. The summed E-state index contributed by atoms with van der Waals surface area (Å²) in [7, 11) is -1.82. The van der Waals surface area contributed by atoms with Crippen molar-refractivity contribution in [2.24, 2.45) is 0 Å². The fourth-order valence-electron chi connectivity index (χ4n) is 2.55. The van der Waals surface area contributed by atoms with Crippen LogP contribution in [0, 0.1) is 0 Å². The van der Waals surface area contributed by atoms with Crippen LogP contribution in [0.3, 0.4) is 0 Å². The second kappa shape index (κ2) is 8.53. The molecule has 1 aromatic carbocycles. The van der Waals surface area contributed by atoms with Crippen LogP contribution in [0.2, 0.25) is 0 Å². The molecule has 25 heavy (non-hydrogen) atoms. The Hall–Kier alpha value is -1.80. The van der Waals surface area contributed by atoms with E-state index in [0.29, 0.717) is 24.4 Å². The molecule has 1 N–H and O–H groups in total. The standard InChI is InChI=1S/C17H26N2O5S/c1-4-16(17(20)18-12-15-6-5-11-23-15)24-14-9-7-13(8-10-14)19(2)25(3,21)22/h7-10,15-16H,4-6,11-12H2,1-3H3,(H,18,20)/t15-,16+/m1/s1. The van der Waals surface area contributed by atoms with Crippen molar-refractivity contribution in [3.8, 4) is 5.75 Å². The van der Waals surface area contributed by atoms with Crippen molar-refractivity contribution in [1.29, 1.82) is 0 Å². The van der Waals surface area contributed by atoms with E-state index in [-0.39, 0.29) is 12.0 Å². The van der Waals surface area contributed by atoms with E-state index in [4.69, 9.17) is 9.47 Å². The molecule has 0 aliphatic carbocycles. The average molecular weight is 370 g/mol. The van der Waals surface area contributed by atoms with Gasteiger partial charge in [0.25, 0.3) is 5.91 Å². The second-order valence-electron chi connectivity index (χ2n) is 6.12. The topological polar surface area (TPSA) is 84.9 Å². The van der Waals surface area contributed by atoms with Crippen LogP contribution in [0.15, 0.2) is 24.3 Å². The summed E-state index contributed by atoms with van der Waals surface area (Å²) in [6.45, 7) is 3.13. The summed E-state index contributed by atoms with van der Waals surface area (Å²) in [5.74, 6) is 0.347. The van der Waals surface area contributed by atoms with Crippen LogP contribution in [0.5, 0.6) is 5.75 Å². The molecule has 1 aliphatic rings. The van der Waals surface area contributed by atoms with E-state index >= 15 is 0 Å². The lowest BCUT2D eigenvalue weighted by molar-refractivity contribution is -0.128. The third kappa shape index (κ3) is 5.61. The largest absolute Gasteiger partial charge is 0.481 e.